The van der Waals surface area contributed by atoms with E-state index in [9.17, 15) is 9.59 Å². The molecule has 0 aliphatic rings. The monoisotopic (exact) mass is 388 g/mol. The molecule has 0 spiro atoms. The lowest BCUT2D eigenvalue weighted by Gasteiger charge is -2.13. The summed E-state index contributed by atoms with van der Waals surface area (Å²) in [6.07, 6.45) is 0.0573. The van der Waals surface area contributed by atoms with Gasteiger partial charge in [-0.2, -0.15) is 0 Å². The van der Waals surface area contributed by atoms with Gasteiger partial charge in [0.15, 0.2) is 0 Å². The number of methoxy groups -OCH3 is 1. The van der Waals surface area contributed by atoms with E-state index in [0.29, 0.717) is 28.3 Å². The normalized spacial score (nSPS) is 10.3. The van der Waals surface area contributed by atoms with Crippen molar-refractivity contribution in [2.75, 3.05) is 17.7 Å². The molecule has 0 bridgehead atoms. The quantitative estimate of drug-likeness (QED) is 0.641. The molecule has 3 aromatic carbocycles. The summed E-state index contributed by atoms with van der Waals surface area (Å²) in [4.78, 5) is 25.4. The third-order valence-corrected chi connectivity index (χ3v) is 4.55. The maximum atomic E-state index is 12.8. The number of carbonyl (C=O) groups is 2. The molecule has 0 heterocycles. The summed E-state index contributed by atoms with van der Waals surface area (Å²) >= 11 is 0. The Labute approximate surface area is 170 Å². The largest absolute Gasteiger partial charge is 0.497 e. The number of amides is 2. The van der Waals surface area contributed by atoms with Crippen molar-refractivity contribution in [3.8, 4) is 5.75 Å². The predicted molar refractivity (Wildman–Crippen MR) is 116 cm³/mol. The number of rotatable bonds is 6. The van der Waals surface area contributed by atoms with Gasteiger partial charge in [0.25, 0.3) is 5.91 Å². The smallest absolute Gasteiger partial charge is 0.255 e. The van der Waals surface area contributed by atoms with Gasteiger partial charge in [0.05, 0.1) is 13.5 Å². The van der Waals surface area contributed by atoms with Crippen LogP contribution in [0.3, 0.4) is 0 Å². The molecule has 5 nitrogen and oxygen atoms in total. The number of benzene rings is 3. The van der Waals surface area contributed by atoms with Gasteiger partial charge >= 0.3 is 0 Å². The zero-order chi connectivity index (χ0) is 20.8. The summed E-state index contributed by atoms with van der Waals surface area (Å²) in [5, 5.41) is 5.75. The molecule has 0 saturated carbocycles. The summed E-state index contributed by atoms with van der Waals surface area (Å²) in [5.74, 6) is 0.121. The van der Waals surface area contributed by atoms with Crippen molar-refractivity contribution in [1.82, 2.24) is 0 Å². The first-order chi connectivity index (χ1) is 13.9. The molecule has 3 aromatic rings. The minimum absolute atomic E-state index is 0.0573. The summed E-state index contributed by atoms with van der Waals surface area (Å²) < 4.78 is 5.27. The molecule has 2 amide bonds. The zero-order valence-corrected chi connectivity index (χ0v) is 16.8. The topological polar surface area (TPSA) is 67.4 Å². The van der Waals surface area contributed by atoms with Crippen LogP contribution in [0.2, 0.25) is 0 Å². The Kier molecular flexibility index (Phi) is 6.29. The van der Waals surface area contributed by atoms with Crippen LogP contribution in [0.15, 0.2) is 66.7 Å². The Morgan fingerprint density at radius 2 is 1.34 bits per heavy atom. The van der Waals surface area contributed by atoms with Gasteiger partial charge in [-0.15, -0.1) is 0 Å². The molecule has 5 heteroatoms. The van der Waals surface area contributed by atoms with E-state index in [4.69, 9.17) is 4.74 Å². The Morgan fingerprint density at radius 3 is 1.90 bits per heavy atom. The molecule has 29 heavy (non-hydrogen) atoms. The van der Waals surface area contributed by atoms with Crippen LogP contribution in [-0.2, 0) is 11.2 Å². The van der Waals surface area contributed by atoms with Crippen LogP contribution in [0, 0.1) is 13.8 Å². The maximum Gasteiger partial charge on any atom is 0.255 e. The van der Waals surface area contributed by atoms with Gasteiger partial charge in [0.2, 0.25) is 5.91 Å². The highest BCUT2D eigenvalue weighted by atomic mass is 16.5. The minimum Gasteiger partial charge on any atom is -0.497 e. The number of carbonyl (C=O) groups excluding carboxylic acids is 2. The van der Waals surface area contributed by atoms with E-state index in [-0.39, 0.29) is 18.2 Å². The lowest BCUT2D eigenvalue weighted by Crippen LogP contribution is -2.19. The molecule has 0 radical (unpaired) electrons. The van der Waals surface area contributed by atoms with Gasteiger partial charge in [-0.25, -0.2) is 0 Å². The van der Waals surface area contributed by atoms with Crippen LogP contribution in [0.5, 0.6) is 5.75 Å². The zero-order valence-electron chi connectivity index (χ0n) is 16.8. The van der Waals surface area contributed by atoms with E-state index in [1.807, 2.05) is 62.4 Å². The predicted octanol–water partition coefficient (Wildman–Crippen LogP) is 4.75. The highest BCUT2D eigenvalue weighted by molar-refractivity contribution is 6.06. The Bertz CT molecular complexity index is 1010. The molecular weight excluding hydrogens is 364 g/mol. The molecule has 0 aliphatic heterocycles. The lowest BCUT2D eigenvalue weighted by molar-refractivity contribution is -0.115. The average molecular weight is 388 g/mol. The highest BCUT2D eigenvalue weighted by Gasteiger charge is 2.16. The number of nitrogens with one attached hydrogen (secondary N) is 2. The molecule has 0 saturated heterocycles. The second-order valence-electron chi connectivity index (χ2n) is 6.93. The number of anilines is 2. The van der Waals surface area contributed by atoms with Gasteiger partial charge in [0.1, 0.15) is 5.75 Å². The molecule has 0 fully saturated rings. The second kappa shape index (κ2) is 9.06. The van der Waals surface area contributed by atoms with Gasteiger partial charge in [-0.1, -0.05) is 35.4 Å². The minimum atomic E-state index is -0.269. The van der Waals surface area contributed by atoms with Crippen molar-refractivity contribution in [3.63, 3.8) is 0 Å². The SMILES string of the molecule is COc1ccc(C(=O)Nc2ccc(C)cc2)c(CC(=O)Nc2ccc(C)cc2)c1. The third kappa shape index (κ3) is 5.45. The van der Waals surface area contributed by atoms with Gasteiger partial charge in [-0.05, 0) is 61.9 Å². The van der Waals surface area contributed by atoms with Crippen LogP contribution in [0.25, 0.3) is 0 Å². The van der Waals surface area contributed by atoms with Gasteiger partial charge in [0, 0.05) is 16.9 Å². The molecule has 0 aromatic heterocycles. The van der Waals surface area contributed by atoms with E-state index >= 15 is 0 Å². The summed E-state index contributed by atoms with van der Waals surface area (Å²) in [5.41, 5.74) is 4.68. The number of ether oxygens (including phenoxy) is 1. The molecule has 3 rings (SSSR count). The Morgan fingerprint density at radius 1 is 0.793 bits per heavy atom. The number of hydrogen-bond acceptors (Lipinski definition) is 3. The van der Waals surface area contributed by atoms with Crippen LogP contribution < -0.4 is 15.4 Å². The second-order valence-corrected chi connectivity index (χ2v) is 6.93. The highest BCUT2D eigenvalue weighted by Crippen LogP contribution is 2.21. The van der Waals surface area contributed by atoms with Crippen molar-refractivity contribution < 1.29 is 14.3 Å². The van der Waals surface area contributed by atoms with Crippen molar-refractivity contribution in [3.05, 3.63) is 89.0 Å². The first kappa shape index (κ1) is 20.1. The summed E-state index contributed by atoms with van der Waals surface area (Å²) in [6, 6.07) is 20.2. The molecule has 2 N–H and O–H groups in total. The standard InChI is InChI=1S/C24H24N2O3/c1-16-4-8-19(9-5-16)25-23(27)15-18-14-21(29-3)12-13-22(18)24(28)26-20-10-6-17(2)7-11-20/h4-14H,15H2,1-3H3,(H,25,27)(H,26,28). The first-order valence-corrected chi connectivity index (χ1v) is 9.36. The maximum absolute atomic E-state index is 12.8. The van der Waals surface area contributed by atoms with Crippen LogP contribution in [-0.4, -0.2) is 18.9 Å². The third-order valence-electron chi connectivity index (χ3n) is 4.55. The van der Waals surface area contributed by atoms with E-state index in [2.05, 4.69) is 10.6 Å². The molecule has 148 valence electrons. The Balaban J connectivity index is 1.79. The summed E-state index contributed by atoms with van der Waals surface area (Å²) in [7, 11) is 1.55. The van der Waals surface area contributed by atoms with E-state index < -0.39 is 0 Å². The van der Waals surface area contributed by atoms with Crippen molar-refractivity contribution in [2.24, 2.45) is 0 Å². The van der Waals surface area contributed by atoms with Crippen molar-refractivity contribution >= 4 is 23.2 Å². The lowest BCUT2D eigenvalue weighted by atomic mass is 10.0. The molecule has 0 atom stereocenters. The van der Waals surface area contributed by atoms with Gasteiger partial charge in [-0.3, -0.25) is 9.59 Å². The van der Waals surface area contributed by atoms with Gasteiger partial charge < -0.3 is 15.4 Å². The molecule has 0 unspecified atom stereocenters. The van der Waals surface area contributed by atoms with Crippen molar-refractivity contribution in [1.29, 1.82) is 0 Å². The van der Waals surface area contributed by atoms with E-state index in [1.165, 1.54) is 0 Å². The van der Waals surface area contributed by atoms with E-state index in [1.54, 1.807) is 25.3 Å². The van der Waals surface area contributed by atoms with Crippen LogP contribution in [0.4, 0.5) is 11.4 Å². The fourth-order valence-electron chi connectivity index (χ4n) is 2.92. The van der Waals surface area contributed by atoms with Crippen molar-refractivity contribution in [2.45, 2.75) is 20.3 Å². The Hall–Kier alpha value is -3.60. The number of aryl methyl sites for hydroxylation is 2. The molecular formula is C24H24N2O3. The summed E-state index contributed by atoms with van der Waals surface area (Å²) in [6.45, 7) is 3.97. The first-order valence-electron chi connectivity index (χ1n) is 9.36. The molecule has 0 aliphatic carbocycles. The fourth-order valence-corrected chi connectivity index (χ4v) is 2.92. The average Bonchev–Trinajstić information content (AvgIpc) is 2.71. The van der Waals surface area contributed by atoms with Crippen LogP contribution >= 0.6 is 0 Å². The van der Waals surface area contributed by atoms with Crippen LogP contribution in [0.1, 0.15) is 27.0 Å². The van der Waals surface area contributed by atoms with E-state index in [0.717, 1.165) is 11.1 Å². The number of hydrogen-bond donors (Lipinski definition) is 2. The fraction of sp³-hybridized carbons (Fsp3) is 0.167.